The van der Waals surface area contributed by atoms with Crippen LogP contribution < -0.4 is 10.6 Å². The van der Waals surface area contributed by atoms with E-state index < -0.39 is 0 Å². The number of alkyl halides is 1. The van der Waals surface area contributed by atoms with Gasteiger partial charge in [-0.05, 0) is 25.0 Å². The highest BCUT2D eigenvalue weighted by Gasteiger charge is 2.28. The summed E-state index contributed by atoms with van der Waals surface area (Å²) in [6.07, 6.45) is 0.718. The van der Waals surface area contributed by atoms with Gasteiger partial charge in [0.15, 0.2) is 0 Å². The summed E-state index contributed by atoms with van der Waals surface area (Å²) in [7, 11) is 0. The summed E-state index contributed by atoms with van der Waals surface area (Å²) < 4.78 is 12.4. The Labute approximate surface area is 101 Å². The van der Waals surface area contributed by atoms with Gasteiger partial charge in [0.2, 0.25) is 0 Å². The standard InChI is InChI=1S/C13H19FN2O/c14-7-5-10-9-16(8-6-13(10)17)12-4-2-1-3-11(12)15/h1-4,10,13,17H,5-9,15H2/t10-,13+/m1/s1. The number of aliphatic hydroxyl groups excluding tert-OH is 1. The van der Waals surface area contributed by atoms with Gasteiger partial charge in [0.05, 0.1) is 24.2 Å². The predicted octanol–water partition coefficient (Wildman–Crippen LogP) is 1.82. The van der Waals surface area contributed by atoms with Gasteiger partial charge in [0.1, 0.15) is 0 Å². The van der Waals surface area contributed by atoms with Gasteiger partial charge >= 0.3 is 0 Å². The highest BCUT2D eigenvalue weighted by Crippen LogP contribution is 2.29. The third-order valence-corrected chi connectivity index (χ3v) is 3.45. The summed E-state index contributed by atoms with van der Waals surface area (Å²) in [5, 5.41) is 9.81. The molecule has 0 radical (unpaired) electrons. The predicted molar refractivity (Wildman–Crippen MR) is 67.8 cm³/mol. The number of halogens is 1. The van der Waals surface area contributed by atoms with Crippen molar-refractivity contribution >= 4 is 11.4 Å². The van der Waals surface area contributed by atoms with E-state index in [-0.39, 0.29) is 18.7 Å². The van der Waals surface area contributed by atoms with Gasteiger partial charge in [-0.1, -0.05) is 12.1 Å². The molecule has 0 spiro atoms. The molecular weight excluding hydrogens is 219 g/mol. The first-order chi connectivity index (χ1) is 8.22. The molecule has 0 amide bonds. The Balaban J connectivity index is 2.10. The van der Waals surface area contributed by atoms with E-state index in [1.54, 1.807) is 0 Å². The van der Waals surface area contributed by atoms with E-state index in [0.29, 0.717) is 19.4 Å². The number of aliphatic hydroxyl groups is 1. The Morgan fingerprint density at radius 1 is 1.41 bits per heavy atom. The van der Waals surface area contributed by atoms with E-state index in [1.165, 1.54) is 0 Å². The number of nitrogens with zero attached hydrogens (tertiary/aromatic N) is 1. The molecule has 0 aromatic heterocycles. The molecule has 3 N–H and O–H groups in total. The van der Waals surface area contributed by atoms with Crippen molar-refractivity contribution in [3.8, 4) is 0 Å². The fourth-order valence-electron chi connectivity index (χ4n) is 2.44. The third-order valence-electron chi connectivity index (χ3n) is 3.45. The van der Waals surface area contributed by atoms with Crippen LogP contribution in [0.25, 0.3) is 0 Å². The number of para-hydroxylation sites is 2. The highest BCUT2D eigenvalue weighted by molar-refractivity contribution is 5.67. The number of hydrogen-bond donors (Lipinski definition) is 2. The number of nitrogen functional groups attached to an aromatic ring is 1. The van der Waals surface area contributed by atoms with Gasteiger partial charge in [-0.15, -0.1) is 0 Å². The lowest BCUT2D eigenvalue weighted by molar-refractivity contribution is 0.0795. The molecule has 1 aliphatic rings. The van der Waals surface area contributed by atoms with Crippen LogP contribution >= 0.6 is 0 Å². The molecule has 1 aromatic rings. The minimum atomic E-state index is -0.382. The van der Waals surface area contributed by atoms with Crippen LogP contribution in [0.15, 0.2) is 24.3 Å². The maximum atomic E-state index is 12.4. The van der Waals surface area contributed by atoms with Gasteiger partial charge in [0, 0.05) is 19.0 Å². The zero-order valence-electron chi connectivity index (χ0n) is 9.85. The fraction of sp³-hybridized carbons (Fsp3) is 0.538. The zero-order valence-corrected chi connectivity index (χ0v) is 9.85. The first-order valence-electron chi connectivity index (χ1n) is 6.06. The summed E-state index contributed by atoms with van der Waals surface area (Å²) in [6.45, 7) is 1.08. The lowest BCUT2D eigenvalue weighted by atomic mass is 9.92. The Bertz CT molecular complexity index is 372. The molecule has 1 aromatic carbocycles. The number of hydrogen-bond acceptors (Lipinski definition) is 3. The van der Waals surface area contributed by atoms with Crippen LogP contribution in [-0.2, 0) is 0 Å². The SMILES string of the molecule is Nc1ccccc1N1CC[C@H](O)[C@H](CCF)C1. The van der Waals surface area contributed by atoms with Crippen molar-refractivity contribution in [1.82, 2.24) is 0 Å². The van der Waals surface area contributed by atoms with Crippen molar-refractivity contribution in [3.63, 3.8) is 0 Å². The maximum absolute atomic E-state index is 12.4. The van der Waals surface area contributed by atoms with Gasteiger partial charge in [-0.3, -0.25) is 4.39 Å². The van der Waals surface area contributed by atoms with Gasteiger partial charge in [0.25, 0.3) is 0 Å². The normalized spacial score (nSPS) is 24.9. The van der Waals surface area contributed by atoms with Crippen molar-refractivity contribution in [3.05, 3.63) is 24.3 Å². The number of nitrogens with two attached hydrogens (primary N) is 1. The second kappa shape index (κ2) is 5.36. The molecule has 0 bridgehead atoms. The number of piperidine rings is 1. The largest absolute Gasteiger partial charge is 0.397 e. The molecule has 2 rings (SSSR count). The van der Waals surface area contributed by atoms with Gasteiger partial charge in [-0.2, -0.15) is 0 Å². The molecule has 0 unspecified atom stereocenters. The molecule has 2 atom stereocenters. The maximum Gasteiger partial charge on any atom is 0.0898 e. The van der Waals surface area contributed by atoms with Crippen LogP contribution in [0.1, 0.15) is 12.8 Å². The van der Waals surface area contributed by atoms with Crippen LogP contribution in [-0.4, -0.2) is 31.0 Å². The fourth-order valence-corrected chi connectivity index (χ4v) is 2.44. The molecule has 4 heteroatoms. The summed E-state index contributed by atoms with van der Waals surface area (Å²) in [5.41, 5.74) is 7.66. The molecule has 3 nitrogen and oxygen atoms in total. The molecule has 1 fully saturated rings. The third kappa shape index (κ3) is 2.69. The summed E-state index contributed by atoms with van der Waals surface area (Å²) in [5.74, 6) is 0.00774. The molecule has 1 heterocycles. The Kier molecular flexibility index (Phi) is 3.84. The Morgan fingerprint density at radius 2 is 2.18 bits per heavy atom. The lowest BCUT2D eigenvalue weighted by Crippen LogP contribution is -2.43. The minimum absolute atomic E-state index is 0.00774. The van der Waals surface area contributed by atoms with Crippen LogP contribution in [0.2, 0.25) is 0 Å². The second-order valence-electron chi connectivity index (χ2n) is 4.60. The number of rotatable bonds is 3. The van der Waals surface area contributed by atoms with E-state index in [4.69, 9.17) is 5.73 Å². The quantitative estimate of drug-likeness (QED) is 0.790. The Morgan fingerprint density at radius 3 is 2.88 bits per heavy atom. The molecule has 1 aliphatic heterocycles. The van der Waals surface area contributed by atoms with E-state index in [2.05, 4.69) is 4.90 Å². The van der Waals surface area contributed by atoms with E-state index in [9.17, 15) is 9.50 Å². The number of benzene rings is 1. The van der Waals surface area contributed by atoms with Gasteiger partial charge < -0.3 is 15.7 Å². The van der Waals surface area contributed by atoms with Crippen LogP contribution in [0.4, 0.5) is 15.8 Å². The Hall–Kier alpha value is -1.29. The topological polar surface area (TPSA) is 49.5 Å². The average molecular weight is 238 g/mol. The minimum Gasteiger partial charge on any atom is -0.397 e. The zero-order chi connectivity index (χ0) is 12.3. The lowest BCUT2D eigenvalue weighted by Gasteiger charge is -2.37. The highest BCUT2D eigenvalue weighted by atomic mass is 19.1. The average Bonchev–Trinajstić information content (AvgIpc) is 2.33. The van der Waals surface area contributed by atoms with Crippen molar-refractivity contribution in [2.45, 2.75) is 18.9 Å². The van der Waals surface area contributed by atoms with Crippen molar-refractivity contribution in [2.75, 3.05) is 30.4 Å². The molecule has 0 saturated carbocycles. The first-order valence-corrected chi connectivity index (χ1v) is 6.06. The van der Waals surface area contributed by atoms with Crippen molar-refractivity contribution < 1.29 is 9.50 Å². The second-order valence-corrected chi connectivity index (χ2v) is 4.60. The molecule has 0 aliphatic carbocycles. The summed E-state index contributed by atoms with van der Waals surface area (Å²) in [4.78, 5) is 2.14. The molecule has 94 valence electrons. The van der Waals surface area contributed by atoms with Crippen LogP contribution in [0, 0.1) is 5.92 Å². The van der Waals surface area contributed by atoms with Crippen LogP contribution in [0.3, 0.4) is 0 Å². The van der Waals surface area contributed by atoms with Crippen molar-refractivity contribution in [1.29, 1.82) is 0 Å². The van der Waals surface area contributed by atoms with E-state index in [1.807, 2.05) is 24.3 Å². The smallest absolute Gasteiger partial charge is 0.0898 e. The first kappa shape index (κ1) is 12.2. The molecular formula is C13H19FN2O. The molecule has 1 saturated heterocycles. The van der Waals surface area contributed by atoms with Gasteiger partial charge in [-0.25, -0.2) is 0 Å². The summed E-state index contributed by atoms with van der Waals surface area (Å²) in [6, 6.07) is 7.68. The number of anilines is 2. The molecule has 17 heavy (non-hydrogen) atoms. The monoisotopic (exact) mass is 238 g/mol. The van der Waals surface area contributed by atoms with E-state index >= 15 is 0 Å². The van der Waals surface area contributed by atoms with E-state index in [0.717, 1.165) is 17.9 Å². The summed E-state index contributed by atoms with van der Waals surface area (Å²) >= 11 is 0. The van der Waals surface area contributed by atoms with Crippen LogP contribution in [0.5, 0.6) is 0 Å². The van der Waals surface area contributed by atoms with Crippen molar-refractivity contribution in [2.24, 2.45) is 5.92 Å².